The Labute approximate surface area is 115 Å². The van der Waals surface area contributed by atoms with Gasteiger partial charge in [-0.25, -0.2) is 9.97 Å². The topological polar surface area (TPSA) is 72.4 Å². The fourth-order valence-electron chi connectivity index (χ4n) is 1.97. The van der Waals surface area contributed by atoms with E-state index < -0.39 is 0 Å². The molecule has 0 amide bonds. The van der Waals surface area contributed by atoms with Crippen molar-refractivity contribution in [3.63, 3.8) is 0 Å². The van der Waals surface area contributed by atoms with Crippen molar-refractivity contribution in [3.05, 3.63) is 64.4 Å². The minimum Gasteiger partial charge on any atom is -0.445 e. The van der Waals surface area contributed by atoms with Gasteiger partial charge in [0.25, 0.3) is 5.56 Å². The third kappa shape index (κ3) is 2.60. The summed E-state index contributed by atoms with van der Waals surface area (Å²) in [5.41, 5.74) is 1.26. The number of aryl methyl sites for hydroxylation is 1. The van der Waals surface area contributed by atoms with E-state index in [9.17, 15) is 4.79 Å². The molecule has 6 nitrogen and oxygen atoms in total. The number of fused-ring (bicyclic) bond motifs is 1. The van der Waals surface area contributed by atoms with Crippen LogP contribution in [0.25, 0.3) is 5.65 Å². The third-order valence-electron chi connectivity index (χ3n) is 2.88. The predicted octanol–water partition coefficient (Wildman–Crippen LogP) is 1.28. The maximum Gasteiger partial charge on any atom is 0.258 e. The summed E-state index contributed by atoms with van der Waals surface area (Å²) in [6, 6.07) is 7.00. The summed E-state index contributed by atoms with van der Waals surface area (Å²) < 4.78 is 6.87. The molecule has 3 heterocycles. The van der Waals surface area contributed by atoms with Crippen LogP contribution in [0.1, 0.15) is 17.3 Å². The Kier molecular flexibility index (Phi) is 3.30. The molecule has 3 aromatic heterocycles. The molecule has 0 atom stereocenters. The van der Waals surface area contributed by atoms with Crippen LogP contribution in [-0.4, -0.2) is 14.4 Å². The van der Waals surface area contributed by atoms with E-state index in [1.165, 1.54) is 10.5 Å². The zero-order valence-electron chi connectivity index (χ0n) is 11.0. The second-order valence-electron chi connectivity index (χ2n) is 4.48. The maximum atomic E-state index is 11.9. The van der Waals surface area contributed by atoms with Crippen molar-refractivity contribution in [2.24, 2.45) is 0 Å². The van der Waals surface area contributed by atoms with Gasteiger partial charge in [0.05, 0.1) is 18.4 Å². The van der Waals surface area contributed by atoms with E-state index in [1.807, 2.05) is 19.1 Å². The first-order valence-corrected chi connectivity index (χ1v) is 6.32. The van der Waals surface area contributed by atoms with Crippen LogP contribution in [0.5, 0.6) is 0 Å². The molecule has 0 radical (unpaired) electrons. The van der Waals surface area contributed by atoms with Crippen molar-refractivity contribution in [2.75, 3.05) is 0 Å². The SMILES string of the molecule is Cc1cnc(CNCc2cc(=O)n3ccccc3n2)o1. The van der Waals surface area contributed by atoms with E-state index in [-0.39, 0.29) is 5.56 Å². The summed E-state index contributed by atoms with van der Waals surface area (Å²) >= 11 is 0. The number of pyridine rings is 1. The molecule has 6 heteroatoms. The van der Waals surface area contributed by atoms with Crippen molar-refractivity contribution in [3.8, 4) is 0 Å². The first-order chi connectivity index (χ1) is 9.72. The third-order valence-corrected chi connectivity index (χ3v) is 2.88. The lowest BCUT2D eigenvalue weighted by Crippen LogP contribution is -2.19. The summed E-state index contributed by atoms with van der Waals surface area (Å²) in [5.74, 6) is 1.41. The van der Waals surface area contributed by atoms with Crippen LogP contribution in [0.4, 0.5) is 0 Å². The average Bonchev–Trinajstić information content (AvgIpc) is 2.85. The summed E-state index contributed by atoms with van der Waals surface area (Å²) in [4.78, 5) is 20.4. The van der Waals surface area contributed by atoms with Crippen molar-refractivity contribution >= 4 is 5.65 Å². The van der Waals surface area contributed by atoms with Crippen LogP contribution in [0.2, 0.25) is 0 Å². The Hall–Kier alpha value is -2.47. The Bertz CT molecular complexity index is 791. The zero-order valence-corrected chi connectivity index (χ0v) is 11.0. The molecule has 0 spiro atoms. The number of nitrogens with zero attached hydrogens (tertiary/aromatic N) is 3. The van der Waals surface area contributed by atoms with Crippen LogP contribution in [0, 0.1) is 6.92 Å². The minimum absolute atomic E-state index is 0.0839. The number of aromatic nitrogens is 3. The summed E-state index contributed by atoms with van der Waals surface area (Å²) in [7, 11) is 0. The van der Waals surface area contributed by atoms with Gasteiger partial charge in [-0.15, -0.1) is 0 Å². The van der Waals surface area contributed by atoms with Crippen molar-refractivity contribution in [2.45, 2.75) is 20.0 Å². The fourth-order valence-corrected chi connectivity index (χ4v) is 1.97. The molecular weight excluding hydrogens is 256 g/mol. The Morgan fingerprint density at radius 3 is 3.05 bits per heavy atom. The van der Waals surface area contributed by atoms with Crippen LogP contribution >= 0.6 is 0 Å². The average molecular weight is 270 g/mol. The lowest BCUT2D eigenvalue weighted by Gasteiger charge is -2.04. The Balaban J connectivity index is 1.73. The molecule has 0 aliphatic carbocycles. The number of hydrogen-bond acceptors (Lipinski definition) is 5. The molecule has 20 heavy (non-hydrogen) atoms. The minimum atomic E-state index is -0.0839. The molecule has 1 N–H and O–H groups in total. The van der Waals surface area contributed by atoms with Crippen LogP contribution < -0.4 is 10.9 Å². The van der Waals surface area contributed by atoms with Crippen LogP contribution in [0.3, 0.4) is 0 Å². The fraction of sp³-hybridized carbons (Fsp3) is 0.214. The molecule has 0 unspecified atom stereocenters. The predicted molar refractivity (Wildman–Crippen MR) is 73.2 cm³/mol. The van der Waals surface area contributed by atoms with E-state index >= 15 is 0 Å². The molecule has 0 bridgehead atoms. The lowest BCUT2D eigenvalue weighted by molar-refractivity contribution is 0.448. The quantitative estimate of drug-likeness (QED) is 0.773. The van der Waals surface area contributed by atoms with Crippen LogP contribution in [-0.2, 0) is 13.1 Å². The van der Waals surface area contributed by atoms with Gasteiger partial charge in [0, 0.05) is 18.8 Å². The second kappa shape index (κ2) is 5.26. The number of oxazole rings is 1. The van der Waals surface area contributed by atoms with Gasteiger partial charge in [-0.2, -0.15) is 0 Å². The highest BCUT2D eigenvalue weighted by atomic mass is 16.4. The molecule has 3 aromatic rings. The molecule has 0 aliphatic heterocycles. The molecule has 0 fully saturated rings. The molecule has 102 valence electrons. The lowest BCUT2D eigenvalue weighted by atomic mass is 10.3. The van der Waals surface area contributed by atoms with Crippen molar-refractivity contribution in [1.29, 1.82) is 0 Å². The molecule has 3 rings (SSSR count). The largest absolute Gasteiger partial charge is 0.445 e. The van der Waals surface area contributed by atoms with E-state index in [2.05, 4.69) is 15.3 Å². The first kappa shape index (κ1) is 12.6. The molecular formula is C14H14N4O2. The highest BCUT2D eigenvalue weighted by Crippen LogP contribution is 2.02. The van der Waals surface area contributed by atoms with Crippen molar-refractivity contribution < 1.29 is 4.42 Å². The van der Waals surface area contributed by atoms with Crippen molar-refractivity contribution in [1.82, 2.24) is 19.7 Å². The van der Waals surface area contributed by atoms with E-state index in [0.29, 0.717) is 30.3 Å². The number of rotatable bonds is 4. The maximum absolute atomic E-state index is 11.9. The first-order valence-electron chi connectivity index (χ1n) is 6.32. The van der Waals surface area contributed by atoms with E-state index in [4.69, 9.17) is 4.42 Å². The Morgan fingerprint density at radius 2 is 2.25 bits per heavy atom. The van der Waals surface area contributed by atoms with Gasteiger partial charge >= 0.3 is 0 Å². The zero-order chi connectivity index (χ0) is 13.9. The molecule has 0 saturated heterocycles. The van der Waals surface area contributed by atoms with Gasteiger partial charge in [0.15, 0.2) is 0 Å². The van der Waals surface area contributed by atoms with Crippen LogP contribution in [0.15, 0.2) is 45.9 Å². The number of nitrogens with one attached hydrogen (secondary N) is 1. The highest BCUT2D eigenvalue weighted by molar-refractivity contribution is 5.37. The van der Waals surface area contributed by atoms with Gasteiger partial charge in [-0.05, 0) is 19.1 Å². The van der Waals surface area contributed by atoms with Gasteiger partial charge in [0.2, 0.25) is 5.89 Å². The summed E-state index contributed by atoms with van der Waals surface area (Å²) in [6.07, 6.45) is 3.38. The normalized spacial score (nSPS) is 11.1. The summed E-state index contributed by atoms with van der Waals surface area (Å²) in [5, 5.41) is 3.16. The van der Waals surface area contributed by atoms with Gasteiger partial charge in [0.1, 0.15) is 11.4 Å². The monoisotopic (exact) mass is 270 g/mol. The summed E-state index contributed by atoms with van der Waals surface area (Å²) in [6.45, 7) is 2.84. The number of hydrogen-bond donors (Lipinski definition) is 1. The van der Waals surface area contributed by atoms with E-state index in [0.717, 1.165) is 5.76 Å². The molecule has 0 saturated carbocycles. The van der Waals surface area contributed by atoms with Gasteiger partial charge in [-0.1, -0.05) is 6.07 Å². The second-order valence-corrected chi connectivity index (χ2v) is 4.48. The highest BCUT2D eigenvalue weighted by Gasteiger charge is 2.03. The van der Waals surface area contributed by atoms with Gasteiger partial charge in [-0.3, -0.25) is 9.20 Å². The van der Waals surface area contributed by atoms with Gasteiger partial charge < -0.3 is 9.73 Å². The van der Waals surface area contributed by atoms with E-state index in [1.54, 1.807) is 18.5 Å². The smallest absolute Gasteiger partial charge is 0.258 e. The Morgan fingerprint density at radius 1 is 1.35 bits per heavy atom. The standard InChI is InChI=1S/C14H14N4O2/c1-10-7-16-13(20-10)9-15-8-11-6-14(19)18-5-3-2-4-12(18)17-11/h2-7,15H,8-9H2,1H3. The molecule has 0 aliphatic rings. The molecule has 0 aromatic carbocycles.